The minimum atomic E-state index is -0.379. The van der Waals surface area contributed by atoms with Gasteiger partial charge in [-0.25, -0.2) is 13.9 Å². The smallest absolute Gasteiger partial charge is 0.308 e. The summed E-state index contributed by atoms with van der Waals surface area (Å²) < 4.78 is 18.4. The zero-order valence-electron chi connectivity index (χ0n) is 21.5. The lowest BCUT2D eigenvalue weighted by Crippen LogP contribution is -2.38. The van der Waals surface area contributed by atoms with Crippen molar-refractivity contribution in [3.05, 3.63) is 131 Å². The molecule has 0 aliphatic carbocycles. The third-order valence-corrected chi connectivity index (χ3v) is 7.13. The average molecular weight is 506 g/mol. The summed E-state index contributed by atoms with van der Waals surface area (Å²) in [5.74, 6) is 0.549. The molecule has 3 aromatic carbocycles. The topological polar surface area (TPSA) is 55.1 Å². The maximum Gasteiger partial charge on any atom is 0.322 e. The number of aromatic nitrogens is 3. The molecule has 7 heteroatoms. The van der Waals surface area contributed by atoms with Crippen molar-refractivity contribution in [2.75, 3.05) is 5.32 Å². The molecule has 38 heavy (non-hydrogen) atoms. The summed E-state index contributed by atoms with van der Waals surface area (Å²) in [6.45, 7) is 6.05. The Morgan fingerprint density at radius 2 is 1.76 bits per heavy atom. The highest BCUT2D eigenvalue weighted by Crippen LogP contribution is 2.39. The molecule has 0 fully saturated rings. The lowest BCUT2D eigenvalue weighted by molar-refractivity contribution is 0.194. The van der Waals surface area contributed by atoms with Crippen LogP contribution in [0.1, 0.15) is 39.7 Å². The molecule has 2 amide bonds. The molecule has 1 aliphatic heterocycles. The van der Waals surface area contributed by atoms with Gasteiger partial charge in [0.2, 0.25) is 0 Å². The van der Waals surface area contributed by atoms with E-state index in [1.807, 2.05) is 90.3 Å². The Kier molecular flexibility index (Phi) is 5.83. The van der Waals surface area contributed by atoms with E-state index in [2.05, 4.69) is 16.0 Å². The molecule has 0 bridgehead atoms. The Hall–Kier alpha value is -4.65. The number of aryl methyl sites for hydroxylation is 3. The number of halogens is 1. The van der Waals surface area contributed by atoms with Gasteiger partial charge in [0.15, 0.2) is 0 Å². The third kappa shape index (κ3) is 4.06. The molecule has 2 aromatic heterocycles. The number of hydrogen-bond acceptors (Lipinski definition) is 2. The Morgan fingerprint density at radius 3 is 2.53 bits per heavy atom. The minimum Gasteiger partial charge on any atom is -0.308 e. The van der Waals surface area contributed by atoms with Crippen LogP contribution in [-0.2, 0) is 6.54 Å². The molecule has 3 heterocycles. The number of hydrogen-bond donors (Lipinski definition) is 1. The number of rotatable bonds is 3. The number of para-hydroxylation sites is 1. The van der Waals surface area contributed by atoms with Gasteiger partial charge >= 0.3 is 6.03 Å². The van der Waals surface area contributed by atoms with Crippen molar-refractivity contribution in [2.24, 2.45) is 0 Å². The first-order valence-corrected chi connectivity index (χ1v) is 12.6. The second-order valence-corrected chi connectivity index (χ2v) is 9.78. The molecule has 1 N–H and O–H groups in total. The van der Waals surface area contributed by atoms with E-state index in [1.165, 1.54) is 6.07 Å². The van der Waals surface area contributed by atoms with Gasteiger partial charge in [0.1, 0.15) is 11.6 Å². The lowest BCUT2D eigenvalue weighted by Gasteiger charge is -2.31. The average Bonchev–Trinajstić information content (AvgIpc) is 3.47. The molecular weight excluding hydrogens is 477 g/mol. The predicted molar refractivity (Wildman–Crippen MR) is 146 cm³/mol. The van der Waals surface area contributed by atoms with Crippen LogP contribution in [0.5, 0.6) is 0 Å². The molecular formula is C31H28FN5O. The Morgan fingerprint density at radius 1 is 0.947 bits per heavy atom. The maximum absolute atomic E-state index is 14.3. The van der Waals surface area contributed by atoms with Gasteiger partial charge < -0.3 is 14.8 Å². The zero-order valence-corrected chi connectivity index (χ0v) is 21.5. The number of amides is 2. The summed E-state index contributed by atoms with van der Waals surface area (Å²) in [5, 5.41) is 7.83. The third-order valence-electron chi connectivity index (χ3n) is 7.13. The normalized spacial score (nSPS) is 14.5. The van der Waals surface area contributed by atoms with Gasteiger partial charge in [-0.1, -0.05) is 54.1 Å². The highest BCUT2D eigenvalue weighted by atomic mass is 19.1. The number of fused-ring (bicyclic) bond motifs is 3. The van der Waals surface area contributed by atoms with Crippen molar-refractivity contribution >= 4 is 11.7 Å². The lowest BCUT2D eigenvalue weighted by atomic mass is 10.00. The highest BCUT2D eigenvalue weighted by molar-refractivity contribution is 5.90. The Bertz CT molecular complexity index is 1650. The molecule has 1 unspecified atom stereocenters. The number of benzene rings is 3. The Balaban J connectivity index is 1.53. The number of nitrogens with one attached hydrogen (secondary N) is 1. The molecule has 0 radical (unpaired) electrons. The molecule has 1 aliphatic rings. The number of urea groups is 1. The fourth-order valence-corrected chi connectivity index (χ4v) is 5.21. The van der Waals surface area contributed by atoms with E-state index in [0.29, 0.717) is 17.8 Å². The monoisotopic (exact) mass is 505 g/mol. The number of nitrogens with zero attached hydrogens (tertiary/aromatic N) is 4. The van der Waals surface area contributed by atoms with E-state index < -0.39 is 0 Å². The molecule has 1 atom stereocenters. The van der Waals surface area contributed by atoms with E-state index >= 15 is 0 Å². The maximum atomic E-state index is 14.3. The molecule has 0 saturated heterocycles. The summed E-state index contributed by atoms with van der Waals surface area (Å²) >= 11 is 0. The second kappa shape index (κ2) is 9.34. The van der Waals surface area contributed by atoms with Gasteiger partial charge in [-0.05, 0) is 68.3 Å². The van der Waals surface area contributed by atoms with Crippen molar-refractivity contribution in [1.29, 1.82) is 0 Å². The molecule has 190 valence electrons. The van der Waals surface area contributed by atoms with Crippen molar-refractivity contribution in [1.82, 2.24) is 19.2 Å². The van der Waals surface area contributed by atoms with Gasteiger partial charge in [-0.2, -0.15) is 5.10 Å². The van der Waals surface area contributed by atoms with Gasteiger partial charge in [-0.3, -0.25) is 0 Å². The van der Waals surface area contributed by atoms with Gasteiger partial charge in [0.25, 0.3) is 0 Å². The van der Waals surface area contributed by atoms with Crippen LogP contribution in [-0.4, -0.2) is 25.3 Å². The summed E-state index contributed by atoms with van der Waals surface area (Å²) in [5.41, 5.74) is 6.72. The zero-order chi connectivity index (χ0) is 26.4. The van der Waals surface area contributed by atoms with E-state index in [9.17, 15) is 9.18 Å². The molecule has 6 nitrogen and oxygen atoms in total. The summed E-state index contributed by atoms with van der Waals surface area (Å²) in [7, 11) is 0. The largest absolute Gasteiger partial charge is 0.322 e. The van der Waals surface area contributed by atoms with Crippen molar-refractivity contribution in [2.45, 2.75) is 33.4 Å². The first kappa shape index (κ1) is 23.7. The van der Waals surface area contributed by atoms with Gasteiger partial charge in [0, 0.05) is 17.4 Å². The van der Waals surface area contributed by atoms with Crippen LogP contribution in [0.15, 0.2) is 91.1 Å². The van der Waals surface area contributed by atoms with Crippen LogP contribution in [0.4, 0.5) is 14.9 Å². The summed E-state index contributed by atoms with van der Waals surface area (Å²) in [6.07, 6.45) is 2.02. The second-order valence-electron chi connectivity index (χ2n) is 9.78. The van der Waals surface area contributed by atoms with Crippen LogP contribution in [0.25, 0.3) is 11.5 Å². The number of carbonyl (C=O) groups excluding carboxylic acids is 1. The van der Waals surface area contributed by atoms with Crippen molar-refractivity contribution in [3.63, 3.8) is 0 Å². The molecule has 0 spiro atoms. The predicted octanol–water partition coefficient (Wildman–Crippen LogP) is 6.86. The highest BCUT2D eigenvalue weighted by Gasteiger charge is 2.36. The fourth-order valence-electron chi connectivity index (χ4n) is 5.21. The van der Waals surface area contributed by atoms with E-state index in [0.717, 1.165) is 39.6 Å². The molecule has 5 aromatic rings. The molecule has 0 saturated carbocycles. The quantitative estimate of drug-likeness (QED) is 0.291. The first-order valence-electron chi connectivity index (χ1n) is 12.6. The van der Waals surface area contributed by atoms with Crippen LogP contribution < -0.4 is 5.32 Å². The van der Waals surface area contributed by atoms with Crippen molar-refractivity contribution in [3.8, 4) is 11.5 Å². The van der Waals surface area contributed by atoms with E-state index in [-0.39, 0.29) is 17.9 Å². The minimum absolute atomic E-state index is 0.313. The summed E-state index contributed by atoms with van der Waals surface area (Å²) in [6, 6.07) is 26.3. The SMILES string of the molecule is Cc1cccc(C2c3cccn3-c3c(c(C)nn3-c3ccccc3)CN2C(=O)Nc2ccc(C)c(F)c2)c1. The number of anilines is 1. The van der Waals surface area contributed by atoms with Gasteiger partial charge in [0.05, 0.1) is 29.7 Å². The van der Waals surface area contributed by atoms with Crippen LogP contribution >= 0.6 is 0 Å². The first-order chi connectivity index (χ1) is 18.4. The van der Waals surface area contributed by atoms with E-state index in [4.69, 9.17) is 5.10 Å². The van der Waals surface area contributed by atoms with Crippen LogP contribution in [0.3, 0.4) is 0 Å². The van der Waals surface area contributed by atoms with Crippen LogP contribution in [0, 0.1) is 26.6 Å². The van der Waals surface area contributed by atoms with Crippen LogP contribution in [0.2, 0.25) is 0 Å². The fraction of sp³-hybridized carbons (Fsp3) is 0.161. The summed E-state index contributed by atoms with van der Waals surface area (Å²) in [4.78, 5) is 15.8. The number of carbonyl (C=O) groups is 1. The van der Waals surface area contributed by atoms with Gasteiger partial charge in [-0.15, -0.1) is 0 Å². The molecule has 6 rings (SSSR count). The van der Waals surface area contributed by atoms with E-state index in [1.54, 1.807) is 19.1 Å². The standard InChI is InChI=1S/C31H28FN5O/c1-20-9-7-10-23(17-20)29-28-13-8-16-35(28)30-26(22(3)34-37(30)25-11-5-4-6-12-25)19-36(29)31(38)33-24-15-14-21(2)27(32)18-24/h4-18,29H,19H2,1-3H3,(H,33,38). The van der Waals surface area contributed by atoms with Crippen molar-refractivity contribution < 1.29 is 9.18 Å². The Labute approximate surface area is 221 Å².